The Balaban J connectivity index is 1.45. The molecule has 0 unspecified atom stereocenters. The van der Waals surface area contributed by atoms with Gasteiger partial charge in [0.05, 0.1) is 11.1 Å². The molecule has 0 spiro atoms. The maximum absolute atomic E-state index is 12.5. The van der Waals surface area contributed by atoms with Gasteiger partial charge in [-0.05, 0) is 35.9 Å². The molecule has 0 radical (unpaired) electrons. The van der Waals surface area contributed by atoms with Crippen LogP contribution in [0.5, 0.6) is 0 Å². The van der Waals surface area contributed by atoms with Crippen LogP contribution in [0.15, 0.2) is 84.1 Å². The molecule has 0 atom stereocenters. The van der Waals surface area contributed by atoms with Gasteiger partial charge in [-0.2, -0.15) is 0 Å². The van der Waals surface area contributed by atoms with Crippen LogP contribution in [-0.2, 0) is 22.8 Å². The molecule has 0 aliphatic heterocycles. The van der Waals surface area contributed by atoms with E-state index < -0.39 is 4.92 Å². The lowest BCUT2D eigenvalue weighted by Crippen LogP contribution is -2.18. The highest BCUT2D eigenvalue weighted by Crippen LogP contribution is 2.21. The van der Waals surface area contributed by atoms with Crippen LogP contribution in [0.4, 0.5) is 11.4 Å². The second kappa shape index (κ2) is 9.97. The third-order valence-corrected chi connectivity index (χ3v) is 5.13. The number of non-ortho nitro benzene ring substituents is 1. The lowest BCUT2D eigenvalue weighted by Gasteiger charge is -2.07. The molecular formula is C24H19ClN4O4. The molecule has 0 saturated heterocycles. The summed E-state index contributed by atoms with van der Waals surface area (Å²) in [7, 11) is 0. The summed E-state index contributed by atoms with van der Waals surface area (Å²) in [5.74, 6) is -0.177. The fraction of sp³-hybridized carbons (Fsp3) is 0.0833. The Morgan fingerprint density at radius 2 is 1.91 bits per heavy atom. The molecule has 9 heteroatoms. The van der Waals surface area contributed by atoms with Crippen molar-refractivity contribution in [3.8, 4) is 0 Å². The van der Waals surface area contributed by atoms with Crippen molar-refractivity contribution in [3.63, 3.8) is 0 Å². The van der Waals surface area contributed by atoms with Crippen molar-refractivity contribution in [3.05, 3.63) is 105 Å². The van der Waals surface area contributed by atoms with Crippen LogP contribution in [0.2, 0.25) is 5.02 Å². The number of nitrogens with zero attached hydrogens (tertiary/aromatic N) is 3. The van der Waals surface area contributed by atoms with Crippen molar-refractivity contribution in [1.82, 2.24) is 4.57 Å². The predicted molar refractivity (Wildman–Crippen MR) is 127 cm³/mol. The lowest BCUT2D eigenvalue weighted by molar-refractivity contribution is -0.384. The van der Waals surface area contributed by atoms with Gasteiger partial charge in [0.2, 0.25) is 5.91 Å². The third kappa shape index (κ3) is 5.55. The van der Waals surface area contributed by atoms with Crippen LogP contribution in [0, 0.1) is 10.1 Å². The van der Waals surface area contributed by atoms with Gasteiger partial charge in [0.15, 0.2) is 0 Å². The number of hydrogen-bond donors (Lipinski definition) is 1. The Bertz CT molecular complexity index is 1330. The number of aromatic nitrogens is 1. The summed E-state index contributed by atoms with van der Waals surface area (Å²) in [6.07, 6.45) is 3.39. The summed E-state index contributed by atoms with van der Waals surface area (Å²) in [5, 5.41) is 19.3. The van der Waals surface area contributed by atoms with Crippen molar-refractivity contribution in [2.24, 2.45) is 5.16 Å². The topological polar surface area (TPSA) is 98.8 Å². The van der Waals surface area contributed by atoms with Crippen LogP contribution in [-0.4, -0.2) is 21.6 Å². The van der Waals surface area contributed by atoms with E-state index in [1.165, 1.54) is 12.1 Å². The zero-order chi connectivity index (χ0) is 23.2. The SMILES string of the molecule is O=C(Cn1cc(/C=N\OCc2cccc([N+](=O)[O-])c2)c2ccccc21)Nc1ccc(Cl)cc1. The number of rotatable bonds is 8. The number of carbonyl (C=O) groups excluding carboxylic acids is 1. The Morgan fingerprint density at radius 3 is 2.70 bits per heavy atom. The predicted octanol–water partition coefficient (Wildman–Crippen LogP) is 5.39. The van der Waals surface area contributed by atoms with Crippen molar-refractivity contribution < 1.29 is 14.6 Å². The Kier molecular flexibility index (Phi) is 6.66. The standard InChI is InChI=1S/C24H19ClN4O4/c25-19-8-10-20(11-9-19)27-24(30)15-28-14-18(22-6-1-2-7-23(22)28)13-26-33-16-17-4-3-5-21(12-17)29(31)32/h1-14H,15-16H2,(H,27,30)/b26-13-. The highest BCUT2D eigenvalue weighted by atomic mass is 35.5. The largest absolute Gasteiger partial charge is 0.391 e. The Morgan fingerprint density at radius 1 is 1.12 bits per heavy atom. The van der Waals surface area contributed by atoms with Gasteiger partial charge < -0.3 is 14.7 Å². The average Bonchev–Trinajstić information content (AvgIpc) is 3.16. The molecule has 33 heavy (non-hydrogen) atoms. The third-order valence-electron chi connectivity index (χ3n) is 4.88. The number of hydrogen-bond acceptors (Lipinski definition) is 5. The number of nitrogens with one attached hydrogen (secondary N) is 1. The van der Waals surface area contributed by atoms with Gasteiger partial charge in [-0.1, -0.05) is 47.1 Å². The number of anilines is 1. The first-order chi connectivity index (χ1) is 16.0. The van der Waals surface area contributed by atoms with E-state index in [4.69, 9.17) is 16.4 Å². The zero-order valence-electron chi connectivity index (χ0n) is 17.3. The first kappa shape index (κ1) is 22.0. The number of para-hydroxylation sites is 1. The van der Waals surface area contributed by atoms with Gasteiger partial charge >= 0.3 is 0 Å². The minimum absolute atomic E-state index is 0.0000249. The molecule has 0 aliphatic carbocycles. The molecule has 0 saturated carbocycles. The van der Waals surface area contributed by atoms with Crippen molar-refractivity contribution in [1.29, 1.82) is 0 Å². The highest BCUT2D eigenvalue weighted by molar-refractivity contribution is 6.30. The number of benzene rings is 3. The Labute approximate surface area is 194 Å². The maximum Gasteiger partial charge on any atom is 0.269 e. The number of halogens is 1. The monoisotopic (exact) mass is 462 g/mol. The van der Waals surface area contributed by atoms with Gasteiger partial charge in [0.1, 0.15) is 13.2 Å². The molecule has 0 bridgehead atoms. The van der Waals surface area contributed by atoms with Crippen LogP contribution in [0.3, 0.4) is 0 Å². The molecule has 4 aromatic rings. The minimum Gasteiger partial charge on any atom is -0.391 e. The van der Waals surface area contributed by atoms with Gasteiger partial charge in [-0.15, -0.1) is 0 Å². The van der Waals surface area contributed by atoms with E-state index >= 15 is 0 Å². The molecule has 0 fully saturated rings. The highest BCUT2D eigenvalue weighted by Gasteiger charge is 2.11. The number of nitro groups is 1. The summed E-state index contributed by atoms with van der Waals surface area (Å²) in [5.41, 5.74) is 2.97. The van der Waals surface area contributed by atoms with Crippen molar-refractivity contribution in [2.75, 3.05) is 5.32 Å². The first-order valence-electron chi connectivity index (χ1n) is 10.0. The lowest BCUT2D eigenvalue weighted by atomic mass is 10.2. The minimum atomic E-state index is -0.454. The van der Waals surface area contributed by atoms with Crippen LogP contribution in [0.25, 0.3) is 10.9 Å². The number of amides is 1. The van der Waals surface area contributed by atoms with Crippen LogP contribution in [0.1, 0.15) is 11.1 Å². The molecule has 1 aromatic heterocycles. The summed E-state index contributed by atoms with van der Waals surface area (Å²) in [6, 6.07) is 20.8. The number of carbonyl (C=O) groups is 1. The van der Waals surface area contributed by atoms with E-state index in [1.807, 2.05) is 35.0 Å². The molecule has 1 heterocycles. The van der Waals surface area contributed by atoms with E-state index in [0.29, 0.717) is 16.3 Å². The van der Waals surface area contributed by atoms with Gasteiger partial charge in [0.25, 0.3) is 5.69 Å². The molecule has 166 valence electrons. The van der Waals surface area contributed by atoms with Gasteiger partial charge in [-0.25, -0.2) is 0 Å². The summed E-state index contributed by atoms with van der Waals surface area (Å²) in [6.45, 7) is 0.214. The van der Waals surface area contributed by atoms with Gasteiger partial charge in [-0.3, -0.25) is 14.9 Å². The van der Waals surface area contributed by atoms with Crippen molar-refractivity contribution in [2.45, 2.75) is 13.2 Å². The van der Waals surface area contributed by atoms with Gasteiger partial charge in [0, 0.05) is 45.5 Å². The Hall–Kier alpha value is -4.17. The quantitative estimate of drug-likeness (QED) is 0.215. The van der Waals surface area contributed by atoms with E-state index in [2.05, 4.69) is 10.5 Å². The van der Waals surface area contributed by atoms with E-state index in [9.17, 15) is 14.9 Å². The summed E-state index contributed by atoms with van der Waals surface area (Å²) in [4.78, 5) is 28.3. The smallest absolute Gasteiger partial charge is 0.269 e. The summed E-state index contributed by atoms with van der Waals surface area (Å²) < 4.78 is 1.84. The van der Waals surface area contributed by atoms with Crippen LogP contribution < -0.4 is 5.32 Å². The summed E-state index contributed by atoms with van der Waals surface area (Å²) >= 11 is 5.89. The van der Waals surface area contributed by atoms with Crippen LogP contribution >= 0.6 is 11.6 Å². The molecule has 8 nitrogen and oxygen atoms in total. The normalized spacial score (nSPS) is 11.1. The maximum atomic E-state index is 12.5. The molecule has 1 N–H and O–H groups in total. The second-order valence-corrected chi connectivity index (χ2v) is 7.66. The molecular weight excluding hydrogens is 444 g/mol. The molecule has 1 amide bonds. The average molecular weight is 463 g/mol. The molecule has 0 aliphatic rings. The fourth-order valence-electron chi connectivity index (χ4n) is 3.36. The number of fused-ring (bicyclic) bond motifs is 1. The van der Waals surface area contributed by atoms with E-state index in [1.54, 1.807) is 42.6 Å². The zero-order valence-corrected chi connectivity index (χ0v) is 18.1. The molecule has 3 aromatic carbocycles. The van der Waals surface area contributed by atoms with Crippen molar-refractivity contribution >= 4 is 46.0 Å². The van der Waals surface area contributed by atoms with E-state index in [-0.39, 0.29) is 24.7 Å². The molecule has 4 rings (SSSR count). The second-order valence-electron chi connectivity index (χ2n) is 7.22. The fourth-order valence-corrected chi connectivity index (χ4v) is 3.49. The number of oxime groups is 1. The van der Waals surface area contributed by atoms with E-state index in [0.717, 1.165) is 16.5 Å². The first-order valence-corrected chi connectivity index (χ1v) is 10.4. The number of nitro benzene ring substituents is 1.